The van der Waals surface area contributed by atoms with Gasteiger partial charge in [0, 0.05) is 23.5 Å². The molecule has 0 bridgehead atoms. The zero-order valence-corrected chi connectivity index (χ0v) is 20.2. The van der Waals surface area contributed by atoms with Crippen LogP contribution >= 0.6 is 0 Å². The summed E-state index contributed by atoms with van der Waals surface area (Å²) in [5, 5.41) is 15.1. The van der Waals surface area contributed by atoms with Crippen LogP contribution in [0, 0.1) is 12.0 Å². The van der Waals surface area contributed by atoms with E-state index in [1.165, 1.54) is 12.1 Å². The number of nitrogens with one attached hydrogen (secondary N) is 2. The number of hydrogen-bond donors (Lipinski definition) is 3. The number of carbonyl (C=O) groups is 2. The van der Waals surface area contributed by atoms with E-state index in [9.17, 15) is 14.7 Å². The molecule has 1 aliphatic rings. The van der Waals surface area contributed by atoms with Gasteiger partial charge in [-0.3, -0.25) is 9.59 Å². The summed E-state index contributed by atoms with van der Waals surface area (Å²) in [6.45, 7) is 7.04. The predicted octanol–water partition coefficient (Wildman–Crippen LogP) is 6.88. The highest BCUT2D eigenvalue weighted by Gasteiger charge is 2.56. The van der Waals surface area contributed by atoms with Crippen molar-refractivity contribution >= 4 is 28.9 Å². The number of phenols is 1. The van der Waals surface area contributed by atoms with Crippen molar-refractivity contribution in [2.24, 2.45) is 5.41 Å². The highest BCUT2D eigenvalue weighted by Crippen LogP contribution is 2.47. The summed E-state index contributed by atoms with van der Waals surface area (Å²) in [4.78, 5) is 29.6. The second kappa shape index (κ2) is 10.4. The second-order valence-corrected chi connectivity index (χ2v) is 8.85. The van der Waals surface area contributed by atoms with Gasteiger partial charge in [0.25, 0.3) is 0 Å². The quantitative estimate of drug-likeness (QED) is 0.179. The third kappa shape index (κ3) is 5.58. The lowest BCUT2D eigenvalue weighted by atomic mass is 10.0. The molecule has 2 amide bonds. The number of nitrogens with zero attached hydrogens (tertiary/aromatic N) is 1. The number of benzene rings is 4. The highest BCUT2D eigenvalue weighted by molar-refractivity contribution is 6.17. The van der Waals surface area contributed by atoms with Crippen molar-refractivity contribution in [3.05, 3.63) is 108 Å². The molecule has 0 heterocycles. The molecule has 8 nitrogen and oxygen atoms in total. The van der Waals surface area contributed by atoms with Gasteiger partial charge < -0.3 is 25.2 Å². The molecule has 0 atom stereocenters. The van der Waals surface area contributed by atoms with Gasteiger partial charge >= 0.3 is 0 Å². The summed E-state index contributed by atoms with van der Waals surface area (Å²) in [7, 11) is 0. The topological polar surface area (TPSA) is 101 Å². The van der Waals surface area contributed by atoms with Crippen LogP contribution in [0.15, 0.2) is 97.1 Å². The SMILES string of the molecule is [C-]#[N+]c1ccc(Oc2cccc(NC(=O)C3(C(=O)Nc4cccc(Oc5ccc(O)cc5)c4)CC3)c2)cc1. The van der Waals surface area contributed by atoms with Crippen molar-refractivity contribution in [2.45, 2.75) is 12.8 Å². The van der Waals surface area contributed by atoms with Gasteiger partial charge in [0.15, 0.2) is 5.69 Å². The predicted molar refractivity (Wildman–Crippen MR) is 143 cm³/mol. The molecule has 1 aliphatic carbocycles. The van der Waals surface area contributed by atoms with Gasteiger partial charge in [-0.15, -0.1) is 0 Å². The van der Waals surface area contributed by atoms with Crippen LogP contribution in [0.2, 0.25) is 0 Å². The number of amides is 2. The lowest BCUT2D eigenvalue weighted by molar-refractivity contribution is -0.131. The van der Waals surface area contributed by atoms with Crippen molar-refractivity contribution < 1.29 is 24.2 Å². The first-order chi connectivity index (χ1) is 18.4. The smallest absolute Gasteiger partial charge is 0.240 e. The van der Waals surface area contributed by atoms with Crippen molar-refractivity contribution in [1.82, 2.24) is 0 Å². The summed E-state index contributed by atoms with van der Waals surface area (Å²) < 4.78 is 11.6. The van der Waals surface area contributed by atoms with Crippen molar-refractivity contribution in [3.63, 3.8) is 0 Å². The van der Waals surface area contributed by atoms with Gasteiger partial charge in [0.1, 0.15) is 34.2 Å². The number of aromatic hydroxyl groups is 1. The Morgan fingerprint density at radius 2 is 1.18 bits per heavy atom. The lowest BCUT2D eigenvalue weighted by Gasteiger charge is -2.16. The maximum absolute atomic E-state index is 13.1. The molecule has 0 aliphatic heterocycles. The van der Waals surface area contributed by atoms with Crippen LogP contribution in [-0.2, 0) is 9.59 Å². The Labute approximate surface area is 219 Å². The molecule has 38 heavy (non-hydrogen) atoms. The minimum atomic E-state index is -1.15. The Morgan fingerprint density at radius 3 is 1.63 bits per heavy atom. The highest BCUT2D eigenvalue weighted by atomic mass is 16.5. The Bertz CT molecular complexity index is 1520. The summed E-state index contributed by atoms with van der Waals surface area (Å²) in [6, 6.07) is 26.8. The van der Waals surface area contributed by atoms with Gasteiger partial charge in [-0.05, 0) is 73.5 Å². The van der Waals surface area contributed by atoms with E-state index in [2.05, 4.69) is 15.5 Å². The molecule has 0 spiro atoms. The van der Waals surface area contributed by atoms with E-state index < -0.39 is 5.41 Å². The zero-order chi connectivity index (χ0) is 26.5. The van der Waals surface area contributed by atoms with E-state index in [0.717, 1.165) is 0 Å². The molecule has 1 saturated carbocycles. The fraction of sp³-hybridized carbons (Fsp3) is 0.100. The van der Waals surface area contributed by atoms with Gasteiger partial charge in [-0.1, -0.05) is 24.3 Å². The first-order valence-corrected chi connectivity index (χ1v) is 11.9. The van der Waals surface area contributed by atoms with E-state index in [4.69, 9.17) is 16.0 Å². The Balaban J connectivity index is 1.22. The fourth-order valence-electron chi connectivity index (χ4n) is 3.83. The number of phenolic OH excluding ortho intramolecular Hbond substituents is 1. The van der Waals surface area contributed by atoms with Gasteiger partial charge in [0.05, 0.1) is 6.57 Å². The molecule has 1 fully saturated rings. The minimum Gasteiger partial charge on any atom is -0.508 e. The number of hydrogen-bond acceptors (Lipinski definition) is 5. The molecular weight excluding hydrogens is 482 g/mol. The number of anilines is 2. The standard InChI is InChI=1S/C30H23N3O5/c1-31-20-8-12-24(13-9-20)37-26-6-2-4-21(18-26)32-28(35)30(16-17-30)29(36)33-22-5-3-7-27(19-22)38-25-14-10-23(34)11-15-25/h2-15,18-19,34H,16-17H2,(H,32,35)(H,33,36). The van der Waals surface area contributed by atoms with E-state index >= 15 is 0 Å². The molecular formula is C30H23N3O5. The Kier molecular flexibility index (Phi) is 6.66. The van der Waals surface area contributed by atoms with E-state index in [0.29, 0.717) is 52.9 Å². The average molecular weight is 506 g/mol. The molecule has 0 aromatic heterocycles. The van der Waals surface area contributed by atoms with Gasteiger partial charge in [-0.2, -0.15) is 0 Å². The second-order valence-electron chi connectivity index (χ2n) is 8.85. The summed E-state index contributed by atoms with van der Waals surface area (Å²) >= 11 is 0. The molecule has 4 aromatic rings. The molecule has 3 N–H and O–H groups in total. The first-order valence-electron chi connectivity index (χ1n) is 11.9. The average Bonchev–Trinajstić information content (AvgIpc) is 3.74. The molecule has 0 unspecified atom stereocenters. The first kappa shape index (κ1) is 24.4. The summed E-state index contributed by atoms with van der Waals surface area (Å²) in [5.74, 6) is 1.49. The molecule has 0 radical (unpaired) electrons. The largest absolute Gasteiger partial charge is 0.508 e. The lowest BCUT2D eigenvalue weighted by Crippen LogP contribution is -2.35. The number of rotatable bonds is 8. The van der Waals surface area contributed by atoms with E-state index in [1.807, 2.05) is 0 Å². The zero-order valence-electron chi connectivity index (χ0n) is 20.2. The maximum atomic E-state index is 13.1. The van der Waals surface area contributed by atoms with Crippen LogP contribution in [-0.4, -0.2) is 16.9 Å². The Hall–Kier alpha value is -5.29. The normalized spacial score (nSPS) is 13.0. The summed E-state index contributed by atoms with van der Waals surface area (Å²) in [6.07, 6.45) is 0.885. The van der Waals surface area contributed by atoms with Gasteiger partial charge in [0.2, 0.25) is 11.8 Å². The monoisotopic (exact) mass is 505 g/mol. The minimum absolute atomic E-state index is 0.137. The molecule has 0 saturated heterocycles. The van der Waals surface area contributed by atoms with Crippen LogP contribution < -0.4 is 20.1 Å². The Morgan fingerprint density at radius 1 is 0.711 bits per heavy atom. The van der Waals surface area contributed by atoms with E-state index in [1.54, 1.807) is 84.9 Å². The maximum Gasteiger partial charge on any atom is 0.240 e. The fourth-order valence-corrected chi connectivity index (χ4v) is 3.83. The molecule has 8 heteroatoms. The summed E-state index contributed by atoms with van der Waals surface area (Å²) in [5.41, 5.74) is 0.377. The van der Waals surface area contributed by atoms with Crippen LogP contribution in [0.3, 0.4) is 0 Å². The molecule has 188 valence electrons. The van der Waals surface area contributed by atoms with Crippen molar-refractivity contribution in [1.29, 1.82) is 0 Å². The molecule has 5 rings (SSSR count). The third-order valence-electron chi connectivity index (χ3n) is 6.08. The van der Waals surface area contributed by atoms with Crippen LogP contribution in [0.5, 0.6) is 28.7 Å². The number of carbonyl (C=O) groups excluding carboxylic acids is 2. The van der Waals surface area contributed by atoms with Crippen LogP contribution in [0.4, 0.5) is 17.1 Å². The van der Waals surface area contributed by atoms with Crippen molar-refractivity contribution in [2.75, 3.05) is 10.6 Å². The molecule has 4 aromatic carbocycles. The van der Waals surface area contributed by atoms with Gasteiger partial charge in [-0.25, -0.2) is 4.85 Å². The van der Waals surface area contributed by atoms with Crippen LogP contribution in [0.25, 0.3) is 4.85 Å². The number of ether oxygens (including phenoxy) is 2. The van der Waals surface area contributed by atoms with Crippen LogP contribution in [0.1, 0.15) is 12.8 Å². The van der Waals surface area contributed by atoms with E-state index in [-0.39, 0.29) is 17.6 Å². The third-order valence-corrected chi connectivity index (χ3v) is 6.08. The van der Waals surface area contributed by atoms with Crippen molar-refractivity contribution in [3.8, 4) is 28.7 Å².